The number of hydrogen-bond donors (Lipinski definition) is 0. The molecule has 2 heterocycles. The lowest BCUT2D eigenvalue weighted by Gasteiger charge is -2.32. The Morgan fingerprint density at radius 1 is 1.24 bits per heavy atom. The molecule has 0 atom stereocenters. The van der Waals surface area contributed by atoms with E-state index in [1.54, 1.807) is 36.2 Å². The lowest BCUT2D eigenvalue weighted by molar-refractivity contribution is 0.123. The first-order valence-corrected chi connectivity index (χ1v) is 7.11. The zero-order chi connectivity index (χ0) is 14.8. The predicted molar refractivity (Wildman–Crippen MR) is 81.6 cm³/mol. The maximum absolute atomic E-state index is 12.5. The number of nitrogens with zero attached hydrogens (tertiary/aromatic N) is 4. The Kier molecular flexibility index (Phi) is 3.90. The first-order chi connectivity index (χ1) is 10.2. The van der Waals surface area contributed by atoms with E-state index in [-0.39, 0.29) is 5.56 Å². The Morgan fingerprint density at radius 2 is 2.00 bits per heavy atom. The summed E-state index contributed by atoms with van der Waals surface area (Å²) in [6.07, 6.45) is 1.63. The molecule has 0 saturated carbocycles. The Hall–Kier alpha value is -1.92. The normalized spacial score (nSPS) is 17.2. The van der Waals surface area contributed by atoms with Crippen molar-refractivity contribution in [3.8, 4) is 5.75 Å². The fraction of sp³-hybridized carbons (Fsp3) is 0.467. The van der Waals surface area contributed by atoms with Gasteiger partial charge in [0.2, 0.25) is 0 Å². The van der Waals surface area contributed by atoms with Gasteiger partial charge >= 0.3 is 0 Å². The molecule has 6 heteroatoms. The molecule has 0 unspecified atom stereocenters. The van der Waals surface area contributed by atoms with Gasteiger partial charge in [-0.2, -0.15) is 0 Å². The van der Waals surface area contributed by atoms with Crippen LogP contribution in [0.3, 0.4) is 0 Å². The van der Waals surface area contributed by atoms with Crippen LogP contribution in [0.2, 0.25) is 0 Å². The third-order valence-electron chi connectivity index (χ3n) is 3.98. The second kappa shape index (κ2) is 5.83. The van der Waals surface area contributed by atoms with Gasteiger partial charge < -0.3 is 9.64 Å². The second-order valence-electron chi connectivity index (χ2n) is 5.47. The Morgan fingerprint density at radius 3 is 2.71 bits per heavy atom. The summed E-state index contributed by atoms with van der Waals surface area (Å²) in [6, 6.07) is 5.37. The van der Waals surface area contributed by atoms with Crippen molar-refractivity contribution in [2.24, 2.45) is 0 Å². The van der Waals surface area contributed by atoms with Crippen LogP contribution in [0, 0.1) is 0 Å². The van der Waals surface area contributed by atoms with Crippen molar-refractivity contribution in [2.45, 2.75) is 6.67 Å². The van der Waals surface area contributed by atoms with E-state index in [4.69, 9.17) is 4.74 Å². The van der Waals surface area contributed by atoms with Gasteiger partial charge in [0.05, 0.1) is 31.0 Å². The molecule has 3 rings (SSSR count). The lowest BCUT2D eigenvalue weighted by Crippen LogP contribution is -2.46. The summed E-state index contributed by atoms with van der Waals surface area (Å²) in [5.41, 5.74) is 0.676. The highest BCUT2D eigenvalue weighted by molar-refractivity contribution is 5.78. The Balaban J connectivity index is 1.86. The molecule has 0 amide bonds. The number of rotatable bonds is 3. The monoisotopic (exact) mass is 288 g/mol. The van der Waals surface area contributed by atoms with Gasteiger partial charge in [-0.1, -0.05) is 0 Å². The zero-order valence-corrected chi connectivity index (χ0v) is 12.5. The van der Waals surface area contributed by atoms with Gasteiger partial charge in [0.25, 0.3) is 5.56 Å². The van der Waals surface area contributed by atoms with Crippen molar-refractivity contribution in [3.63, 3.8) is 0 Å². The average molecular weight is 288 g/mol. The van der Waals surface area contributed by atoms with Crippen LogP contribution >= 0.6 is 0 Å². The molecule has 0 aliphatic carbocycles. The quantitative estimate of drug-likeness (QED) is 0.828. The van der Waals surface area contributed by atoms with E-state index >= 15 is 0 Å². The first kappa shape index (κ1) is 14.0. The number of methoxy groups -OCH3 is 1. The summed E-state index contributed by atoms with van der Waals surface area (Å²) in [5, 5.41) is 0.632. The van der Waals surface area contributed by atoms with Crippen LogP contribution in [0.4, 0.5) is 0 Å². The van der Waals surface area contributed by atoms with Crippen LogP contribution in [0.1, 0.15) is 0 Å². The van der Waals surface area contributed by atoms with Crippen LogP contribution in [0.25, 0.3) is 10.9 Å². The van der Waals surface area contributed by atoms with Crippen molar-refractivity contribution in [3.05, 3.63) is 34.9 Å². The SMILES string of the molecule is COc1ccc2c(=O)n(CN3CCN(C)CC3)cnc2c1. The van der Waals surface area contributed by atoms with Crippen molar-refractivity contribution in [1.29, 1.82) is 0 Å². The Bertz CT molecular complexity index is 690. The number of hydrogen-bond acceptors (Lipinski definition) is 5. The summed E-state index contributed by atoms with van der Waals surface area (Å²) in [6.45, 7) is 4.62. The highest BCUT2D eigenvalue weighted by Gasteiger charge is 2.15. The minimum absolute atomic E-state index is 0.00146. The summed E-state index contributed by atoms with van der Waals surface area (Å²) in [5.74, 6) is 0.714. The van der Waals surface area contributed by atoms with Gasteiger partial charge in [-0.25, -0.2) is 4.98 Å². The molecule has 0 bridgehead atoms. The van der Waals surface area contributed by atoms with Crippen LogP contribution in [0.15, 0.2) is 29.3 Å². The number of aromatic nitrogens is 2. The van der Waals surface area contributed by atoms with Gasteiger partial charge in [0.15, 0.2) is 0 Å². The molecule has 0 spiro atoms. The lowest BCUT2D eigenvalue weighted by atomic mass is 10.2. The number of benzene rings is 1. The average Bonchev–Trinajstić information content (AvgIpc) is 2.52. The van der Waals surface area contributed by atoms with Crippen LogP contribution < -0.4 is 10.3 Å². The van der Waals surface area contributed by atoms with Gasteiger partial charge in [0.1, 0.15) is 5.75 Å². The number of piperazine rings is 1. The predicted octanol–water partition coefficient (Wildman–Crippen LogP) is 0.610. The second-order valence-corrected chi connectivity index (χ2v) is 5.47. The largest absolute Gasteiger partial charge is 0.497 e. The highest BCUT2D eigenvalue weighted by atomic mass is 16.5. The van der Waals surface area contributed by atoms with Gasteiger partial charge in [-0.3, -0.25) is 14.3 Å². The molecule has 1 saturated heterocycles. The van der Waals surface area contributed by atoms with Crippen molar-refractivity contribution in [2.75, 3.05) is 40.3 Å². The fourth-order valence-corrected chi connectivity index (χ4v) is 2.57. The molecule has 1 aromatic heterocycles. The molecule has 0 radical (unpaired) electrons. The molecule has 6 nitrogen and oxygen atoms in total. The summed E-state index contributed by atoms with van der Waals surface area (Å²) in [4.78, 5) is 21.5. The van der Waals surface area contributed by atoms with E-state index in [0.29, 0.717) is 23.3 Å². The van der Waals surface area contributed by atoms with Gasteiger partial charge in [-0.15, -0.1) is 0 Å². The topological polar surface area (TPSA) is 50.6 Å². The summed E-state index contributed by atoms with van der Waals surface area (Å²) < 4.78 is 6.84. The fourth-order valence-electron chi connectivity index (χ4n) is 2.57. The molecular formula is C15H20N4O2. The van der Waals surface area contributed by atoms with E-state index in [9.17, 15) is 4.79 Å². The Labute approximate surface area is 123 Å². The van der Waals surface area contributed by atoms with Gasteiger partial charge in [-0.05, 0) is 19.2 Å². The number of ether oxygens (including phenoxy) is 1. The van der Waals surface area contributed by atoms with Crippen LogP contribution in [0.5, 0.6) is 5.75 Å². The highest BCUT2D eigenvalue weighted by Crippen LogP contribution is 2.15. The number of fused-ring (bicyclic) bond motifs is 1. The van der Waals surface area contributed by atoms with Gasteiger partial charge in [0, 0.05) is 32.2 Å². The van der Waals surface area contributed by atoms with Crippen molar-refractivity contribution >= 4 is 10.9 Å². The zero-order valence-electron chi connectivity index (χ0n) is 12.5. The van der Waals surface area contributed by atoms with E-state index in [2.05, 4.69) is 21.8 Å². The summed E-state index contributed by atoms with van der Waals surface area (Å²) in [7, 11) is 3.73. The molecule has 1 aliphatic heterocycles. The number of likely N-dealkylation sites (N-methyl/N-ethyl adjacent to an activating group) is 1. The van der Waals surface area contributed by atoms with E-state index in [0.717, 1.165) is 26.2 Å². The van der Waals surface area contributed by atoms with Crippen molar-refractivity contribution in [1.82, 2.24) is 19.4 Å². The standard InChI is InChI=1S/C15H20N4O2/c1-17-5-7-18(8-6-17)11-19-10-16-14-9-12(21-2)3-4-13(14)15(19)20/h3-4,9-10H,5-8,11H2,1-2H3. The van der Waals surface area contributed by atoms with Crippen LogP contribution in [-0.2, 0) is 6.67 Å². The van der Waals surface area contributed by atoms with E-state index < -0.39 is 0 Å². The minimum atomic E-state index is 0.00146. The maximum Gasteiger partial charge on any atom is 0.262 e. The van der Waals surface area contributed by atoms with E-state index in [1.807, 2.05) is 0 Å². The van der Waals surface area contributed by atoms with Crippen LogP contribution in [-0.4, -0.2) is 59.7 Å². The molecule has 1 aliphatic rings. The maximum atomic E-state index is 12.5. The molecular weight excluding hydrogens is 268 g/mol. The third kappa shape index (κ3) is 2.91. The smallest absolute Gasteiger partial charge is 0.262 e. The molecule has 2 aromatic rings. The molecule has 0 N–H and O–H groups in total. The summed E-state index contributed by atoms with van der Waals surface area (Å²) >= 11 is 0. The molecule has 21 heavy (non-hydrogen) atoms. The van der Waals surface area contributed by atoms with E-state index in [1.165, 1.54) is 0 Å². The van der Waals surface area contributed by atoms with Crippen molar-refractivity contribution < 1.29 is 4.74 Å². The molecule has 1 aromatic carbocycles. The first-order valence-electron chi connectivity index (χ1n) is 7.11. The minimum Gasteiger partial charge on any atom is -0.497 e. The molecule has 112 valence electrons. The third-order valence-corrected chi connectivity index (χ3v) is 3.98. The molecule has 1 fully saturated rings.